The van der Waals surface area contributed by atoms with E-state index in [-0.39, 0.29) is 5.91 Å². The van der Waals surface area contributed by atoms with Crippen LogP contribution in [0.4, 0.5) is 5.82 Å². The van der Waals surface area contributed by atoms with Crippen LogP contribution >= 0.6 is 0 Å². The fraction of sp³-hybridized carbons (Fsp3) is 0.600. The molecule has 1 saturated heterocycles. The van der Waals surface area contributed by atoms with E-state index >= 15 is 0 Å². The van der Waals surface area contributed by atoms with Crippen LogP contribution in [-0.4, -0.2) is 35.4 Å². The number of piperidine rings is 1. The van der Waals surface area contributed by atoms with Crippen LogP contribution in [-0.2, 0) is 0 Å². The molecular weight excluding hydrogens is 238 g/mol. The first-order chi connectivity index (χ1) is 9.10. The SMILES string of the molecule is CCNc1cc(C(=O)N2CCC(C)CC2)cc(C)n1. The van der Waals surface area contributed by atoms with Gasteiger partial charge in [-0.3, -0.25) is 4.79 Å². The Labute approximate surface area is 115 Å². The number of hydrogen-bond donors (Lipinski definition) is 1. The predicted octanol–water partition coefficient (Wildman–Crippen LogP) is 2.69. The molecule has 2 rings (SSSR count). The lowest BCUT2D eigenvalue weighted by molar-refractivity contribution is 0.0697. The minimum absolute atomic E-state index is 0.136. The van der Waals surface area contributed by atoms with Crippen molar-refractivity contribution in [1.82, 2.24) is 9.88 Å². The lowest BCUT2D eigenvalue weighted by atomic mass is 9.98. The van der Waals surface area contributed by atoms with E-state index in [0.29, 0.717) is 0 Å². The van der Waals surface area contributed by atoms with Crippen LogP contribution in [0, 0.1) is 12.8 Å². The summed E-state index contributed by atoms with van der Waals surface area (Å²) in [6.45, 7) is 8.76. The van der Waals surface area contributed by atoms with E-state index in [2.05, 4.69) is 17.2 Å². The summed E-state index contributed by atoms with van der Waals surface area (Å²) in [6, 6.07) is 3.73. The highest BCUT2D eigenvalue weighted by molar-refractivity contribution is 5.95. The van der Waals surface area contributed by atoms with Crippen molar-refractivity contribution < 1.29 is 4.79 Å². The van der Waals surface area contributed by atoms with Gasteiger partial charge in [-0.25, -0.2) is 4.98 Å². The molecule has 1 aromatic heterocycles. The maximum absolute atomic E-state index is 12.5. The minimum Gasteiger partial charge on any atom is -0.370 e. The average Bonchev–Trinajstić information content (AvgIpc) is 2.38. The summed E-state index contributed by atoms with van der Waals surface area (Å²) in [4.78, 5) is 18.8. The topological polar surface area (TPSA) is 45.2 Å². The van der Waals surface area contributed by atoms with Crippen molar-refractivity contribution in [2.75, 3.05) is 25.0 Å². The maximum Gasteiger partial charge on any atom is 0.254 e. The number of likely N-dealkylation sites (tertiary alicyclic amines) is 1. The van der Waals surface area contributed by atoms with Gasteiger partial charge < -0.3 is 10.2 Å². The van der Waals surface area contributed by atoms with Gasteiger partial charge in [0.1, 0.15) is 5.82 Å². The molecule has 1 fully saturated rings. The van der Waals surface area contributed by atoms with Gasteiger partial charge in [-0.15, -0.1) is 0 Å². The van der Waals surface area contributed by atoms with E-state index in [9.17, 15) is 4.79 Å². The third-order valence-electron chi connectivity index (χ3n) is 3.63. The number of carbonyl (C=O) groups excluding carboxylic acids is 1. The molecule has 0 radical (unpaired) electrons. The third-order valence-corrected chi connectivity index (χ3v) is 3.63. The Kier molecular flexibility index (Phi) is 4.40. The maximum atomic E-state index is 12.5. The highest BCUT2D eigenvalue weighted by Crippen LogP contribution is 2.19. The first-order valence-corrected chi connectivity index (χ1v) is 7.12. The monoisotopic (exact) mass is 261 g/mol. The second-order valence-corrected chi connectivity index (χ2v) is 5.39. The van der Waals surface area contributed by atoms with Crippen molar-refractivity contribution in [3.63, 3.8) is 0 Å². The Morgan fingerprint density at radius 1 is 1.42 bits per heavy atom. The number of aromatic nitrogens is 1. The Morgan fingerprint density at radius 3 is 2.74 bits per heavy atom. The van der Waals surface area contributed by atoms with E-state index in [0.717, 1.165) is 55.5 Å². The Balaban J connectivity index is 2.14. The second-order valence-electron chi connectivity index (χ2n) is 5.39. The second kappa shape index (κ2) is 6.04. The largest absolute Gasteiger partial charge is 0.370 e. The zero-order valence-corrected chi connectivity index (χ0v) is 12.1. The van der Waals surface area contributed by atoms with Gasteiger partial charge in [0, 0.05) is 30.9 Å². The molecule has 0 unspecified atom stereocenters. The smallest absolute Gasteiger partial charge is 0.254 e. The quantitative estimate of drug-likeness (QED) is 0.910. The number of carbonyl (C=O) groups is 1. The van der Waals surface area contributed by atoms with Crippen LogP contribution in [0.15, 0.2) is 12.1 Å². The summed E-state index contributed by atoms with van der Waals surface area (Å²) in [7, 11) is 0. The first kappa shape index (κ1) is 13.8. The van der Waals surface area contributed by atoms with E-state index in [4.69, 9.17) is 0 Å². The summed E-state index contributed by atoms with van der Waals surface area (Å²) >= 11 is 0. The van der Waals surface area contributed by atoms with Crippen molar-refractivity contribution in [2.24, 2.45) is 5.92 Å². The Bertz CT molecular complexity index is 451. The number of aryl methyl sites for hydroxylation is 1. The summed E-state index contributed by atoms with van der Waals surface area (Å²) in [6.07, 6.45) is 2.21. The van der Waals surface area contributed by atoms with Gasteiger partial charge in [0.2, 0.25) is 0 Å². The molecule has 19 heavy (non-hydrogen) atoms. The number of nitrogens with one attached hydrogen (secondary N) is 1. The van der Waals surface area contributed by atoms with Gasteiger partial charge in [-0.1, -0.05) is 6.92 Å². The number of nitrogens with zero attached hydrogens (tertiary/aromatic N) is 2. The fourth-order valence-corrected chi connectivity index (χ4v) is 2.46. The molecule has 1 N–H and O–H groups in total. The van der Waals surface area contributed by atoms with E-state index in [1.165, 1.54) is 0 Å². The van der Waals surface area contributed by atoms with Crippen molar-refractivity contribution in [1.29, 1.82) is 0 Å². The number of rotatable bonds is 3. The van der Waals surface area contributed by atoms with Crippen molar-refractivity contribution in [3.05, 3.63) is 23.4 Å². The van der Waals surface area contributed by atoms with Crippen LogP contribution in [0.1, 0.15) is 42.7 Å². The standard InChI is InChI=1S/C15H23N3O/c1-4-16-14-10-13(9-12(3)17-14)15(19)18-7-5-11(2)6-8-18/h9-11H,4-8H2,1-3H3,(H,16,17). The molecule has 104 valence electrons. The molecule has 0 atom stereocenters. The van der Waals surface area contributed by atoms with Crippen molar-refractivity contribution in [3.8, 4) is 0 Å². The van der Waals surface area contributed by atoms with Gasteiger partial charge in [0.25, 0.3) is 5.91 Å². The molecule has 1 amide bonds. The lowest BCUT2D eigenvalue weighted by Gasteiger charge is -2.30. The summed E-state index contributed by atoms with van der Waals surface area (Å²) in [5, 5.41) is 3.17. The van der Waals surface area contributed by atoms with Crippen molar-refractivity contribution in [2.45, 2.75) is 33.6 Å². The summed E-state index contributed by atoms with van der Waals surface area (Å²) < 4.78 is 0. The molecule has 0 bridgehead atoms. The Hall–Kier alpha value is -1.58. The van der Waals surface area contributed by atoms with Crippen LogP contribution in [0.2, 0.25) is 0 Å². The van der Waals surface area contributed by atoms with Crippen LogP contribution in [0.3, 0.4) is 0 Å². The fourth-order valence-electron chi connectivity index (χ4n) is 2.46. The van der Waals surface area contributed by atoms with Crippen LogP contribution < -0.4 is 5.32 Å². The normalized spacial score (nSPS) is 16.5. The molecule has 0 saturated carbocycles. The van der Waals surface area contributed by atoms with Gasteiger partial charge in [-0.2, -0.15) is 0 Å². The molecule has 4 heteroatoms. The van der Waals surface area contributed by atoms with E-state index in [1.54, 1.807) is 0 Å². The molecule has 0 aromatic carbocycles. The zero-order valence-electron chi connectivity index (χ0n) is 12.1. The van der Waals surface area contributed by atoms with Gasteiger partial charge in [-0.05, 0) is 44.7 Å². The highest BCUT2D eigenvalue weighted by Gasteiger charge is 2.21. The zero-order chi connectivity index (χ0) is 13.8. The number of amides is 1. The summed E-state index contributed by atoms with van der Waals surface area (Å²) in [5.41, 5.74) is 1.63. The van der Waals surface area contributed by atoms with Gasteiger partial charge in [0.05, 0.1) is 0 Å². The van der Waals surface area contributed by atoms with Gasteiger partial charge in [0.15, 0.2) is 0 Å². The van der Waals surface area contributed by atoms with Gasteiger partial charge >= 0.3 is 0 Å². The molecule has 1 aromatic rings. The average molecular weight is 261 g/mol. The molecule has 4 nitrogen and oxygen atoms in total. The molecular formula is C15H23N3O. The van der Waals surface area contributed by atoms with Crippen molar-refractivity contribution >= 4 is 11.7 Å². The van der Waals surface area contributed by atoms with Crippen LogP contribution in [0.25, 0.3) is 0 Å². The first-order valence-electron chi connectivity index (χ1n) is 7.12. The van der Waals surface area contributed by atoms with E-state index < -0.39 is 0 Å². The number of pyridine rings is 1. The Morgan fingerprint density at radius 2 is 2.11 bits per heavy atom. The summed E-state index contributed by atoms with van der Waals surface area (Å²) in [5.74, 6) is 1.66. The molecule has 1 aliphatic rings. The third kappa shape index (κ3) is 3.46. The molecule has 0 spiro atoms. The van der Waals surface area contributed by atoms with Crippen LogP contribution in [0.5, 0.6) is 0 Å². The molecule has 0 aliphatic carbocycles. The number of hydrogen-bond acceptors (Lipinski definition) is 3. The van der Waals surface area contributed by atoms with E-state index in [1.807, 2.05) is 30.9 Å². The molecule has 2 heterocycles. The molecule has 1 aliphatic heterocycles. The minimum atomic E-state index is 0.136. The highest BCUT2D eigenvalue weighted by atomic mass is 16.2. The lowest BCUT2D eigenvalue weighted by Crippen LogP contribution is -2.38. The predicted molar refractivity (Wildman–Crippen MR) is 77.4 cm³/mol. The number of anilines is 1.